The third-order valence-electron chi connectivity index (χ3n) is 2.43. The molecular formula is C10H15N3OS. The molecule has 2 rings (SSSR count). The summed E-state index contributed by atoms with van der Waals surface area (Å²) in [5, 5.41) is 7.45. The highest BCUT2D eigenvalue weighted by atomic mass is 32.2. The third kappa shape index (κ3) is 2.82. The van der Waals surface area contributed by atoms with Crippen LogP contribution in [0.5, 0.6) is 0 Å². The zero-order chi connectivity index (χ0) is 10.7. The second-order valence-corrected chi connectivity index (χ2v) is 4.86. The van der Waals surface area contributed by atoms with Gasteiger partial charge >= 0.3 is 0 Å². The lowest BCUT2D eigenvalue weighted by atomic mass is 10.1. The van der Waals surface area contributed by atoms with Crippen LogP contribution in [0.4, 0.5) is 0 Å². The number of carbonyl (C=O) groups is 1. The van der Waals surface area contributed by atoms with Crippen LogP contribution >= 0.6 is 11.8 Å². The van der Waals surface area contributed by atoms with Gasteiger partial charge in [0.15, 0.2) is 5.78 Å². The van der Waals surface area contributed by atoms with E-state index in [1.165, 1.54) is 0 Å². The Hall–Kier alpha value is -0.810. The van der Waals surface area contributed by atoms with Crippen molar-refractivity contribution in [3.8, 4) is 0 Å². The Balaban J connectivity index is 1.91. The summed E-state index contributed by atoms with van der Waals surface area (Å²) >= 11 is 1.84. The second-order valence-electron chi connectivity index (χ2n) is 3.71. The Morgan fingerprint density at radius 3 is 3.27 bits per heavy atom. The van der Waals surface area contributed by atoms with Gasteiger partial charge in [0, 0.05) is 31.3 Å². The zero-order valence-corrected chi connectivity index (χ0v) is 9.59. The first-order valence-corrected chi connectivity index (χ1v) is 6.23. The van der Waals surface area contributed by atoms with Crippen molar-refractivity contribution in [1.82, 2.24) is 15.1 Å². The van der Waals surface area contributed by atoms with E-state index in [1.807, 2.05) is 31.1 Å². The van der Waals surface area contributed by atoms with E-state index in [0.717, 1.165) is 23.7 Å². The van der Waals surface area contributed by atoms with Gasteiger partial charge in [-0.15, -0.1) is 0 Å². The van der Waals surface area contributed by atoms with Gasteiger partial charge in [-0.25, -0.2) is 0 Å². The standard InChI is InChI=1S/C10H15N3OS/c1-13-4-2-8(12-13)6-10(14)9-7-15-5-3-11-9/h2,4,9,11H,3,5-7H2,1H3. The predicted molar refractivity (Wildman–Crippen MR) is 61.0 cm³/mol. The number of carbonyl (C=O) groups excluding carboxylic acids is 1. The number of nitrogens with one attached hydrogen (secondary N) is 1. The minimum absolute atomic E-state index is 0.0192. The van der Waals surface area contributed by atoms with Gasteiger partial charge in [0.1, 0.15) is 0 Å². The topological polar surface area (TPSA) is 46.9 Å². The summed E-state index contributed by atoms with van der Waals surface area (Å²) < 4.78 is 1.73. The van der Waals surface area contributed by atoms with Gasteiger partial charge < -0.3 is 5.32 Å². The number of nitrogens with zero attached hydrogens (tertiary/aromatic N) is 2. The van der Waals surface area contributed by atoms with Crippen molar-refractivity contribution in [3.63, 3.8) is 0 Å². The molecule has 4 nitrogen and oxygen atoms in total. The van der Waals surface area contributed by atoms with E-state index in [1.54, 1.807) is 4.68 Å². The molecule has 0 spiro atoms. The van der Waals surface area contributed by atoms with Gasteiger partial charge in [0.2, 0.25) is 0 Å². The molecule has 1 aliphatic heterocycles. The van der Waals surface area contributed by atoms with Gasteiger partial charge in [-0.1, -0.05) is 0 Å². The van der Waals surface area contributed by atoms with Gasteiger partial charge in [-0.05, 0) is 6.07 Å². The van der Waals surface area contributed by atoms with Crippen molar-refractivity contribution in [1.29, 1.82) is 0 Å². The first-order chi connectivity index (χ1) is 7.25. The molecule has 1 unspecified atom stereocenters. The monoisotopic (exact) mass is 225 g/mol. The molecule has 2 heterocycles. The maximum Gasteiger partial charge on any atom is 0.156 e. The number of thioether (sulfide) groups is 1. The van der Waals surface area contributed by atoms with E-state index < -0.39 is 0 Å². The molecule has 1 N–H and O–H groups in total. The average molecular weight is 225 g/mol. The van der Waals surface area contributed by atoms with Crippen molar-refractivity contribution >= 4 is 17.5 Å². The fraction of sp³-hybridized carbons (Fsp3) is 0.600. The van der Waals surface area contributed by atoms with Gasteiger partial charge in [-0.2, -0.15) is 16.9 Å². The van der Waals surface area contributed by atoms with Crippen LogP contribution in [-0.4, -0.2) is 39.7 Å². The Morgan fingerprint density at radius 2 is 2.67 bits per heavy atom. The lowest BCUT2D eigenvalue weighted by Gasteiger charge is -2.21. The Kier molecular flexibility index (Phi) is 3.43. The molecule has 5 heteroatoms. The maximum atomic E-state index is 11.9. The number of Topliss-reactive ketones (excluding diaryl/α,β-unsaturated/α-hetero) is 1. The molecule has 82 valence electrons. The normalized spacial score (nSPS) is 21.5. The molecule has 1 atom stereocenters. The molecule has 0 bridgehead atoms. The number of hydrogen-bond acceptors (Lipinski definition) is 4. The SMILES string of the molecule is Cn1ccc(CC(=O)C2CSCCN2)n1. The molecule has 1 aromatic rings. The van der Waals surface area contributed by atoms with Crippen LogP contribution in [0, 0.1) is 0 Å². The molecule has 0 radical (unpaired) electrons. The van der Waals surface area contributed by atoms with E-state index in [0.29, 0.717) is 6.42 Å². The first-order valence-electron chi connectivity index (χ1n) is 5.08. The van der Waals surface area contributed by atoms with Crippen molar-refractivity contribution < 1.29 is 4.79 Å². The van der Waals surface area contributed by atoms with Gasteiger partial charge in [0.05, 0.1) is 18.2 Å². The Labute approximate surface area is 93.4 Å². The largest absolute Gasteiger partial charge is 0.306 e. The van der Waals surface area contributed by atoms with Crippen LogP contribution < -0.4 is 5.32 Å². The summed E-state index contributed by atoms with van der Waals surface area (Å²) in [6.07, 6.45) is 2.31. The highest BCUT2D eigenvalue weighted by Gasteiger charge is 2.21. The van der Waals surface area contributed by atoms with E-state index >= 15 is 0 Å². The molecule has 0 aromatic carbocycles. The number of hydrogen-bond donors (Lipinski definition) is 1. The van der Waals surface area contributed by atoms with Gasteiger partial charge in [0.25, 0.3) is 0 Å². The van der Waals surface area contributed by atoms with Crippen LogP contribution in [0.1, 0.15) is 5.69 Å². The lowest BCUT2D eigenvalue weighted by Crippen LogP contribution is -2.44. The number of rotatable bonds is 3. The third-order valence-corrected chi connectivity index (χ3v) is 3.50. The number of aryl methyl sites for hydroxylation is 1. The van der Waals surface area contributed by atoms with Crippen molar-refractivity contribution in [2.24, 2.45) is 7.05 Å². The summed E-state index contributed by atoms with van der Waals surface area (Å²) in [5.74, 6) is 2.25. The molecule has 1 aliphatic rings. The van der Waals surface area contributed by atoms with Crippen LogP contribution in [0.15, 0.2) is 12.3 Å². The van der Waals surface area contributed by atoms with E-state index in [9.17, 15) is 4.79 Å². The van der Waals surface area contributed by atoms with Crippen LogP contribution in [0.25, 0.3) is 0 Å². The second kappa shape index (κ2) is 4.81. The molecule has 0 saturated carbocycles. The summed E-state index contributed by atoms with van der Waals surface area (Å²) in [5.41, 5.74) is 0.861. The summed E-state index contributed by atoms with van der Waals surface area (Å²) in [6, 6.07) is 1.92. The maximum absolute atomic E-state index is 11.9. The Bertz CT molecular complexity index is 344. The molecule has 15 heavy (non-hydrogen) atoms. The lowest BCUT2D eigenvalue weighted by molar-refractivity contribution is -0.120. The smallest absolute Gasteiger partial charge is 0.156 e. The highest BCUT2D eigenvalue weighted by Crippen LogP contribution is 2.10. The highest BCUT2D eigenvalue weighted by molar-refractivity contribution is 7.99. The van der Waals surface area contributed by atoms with Gasteiger partial charge in [-0.3, -0.25) is 9.48 Å². The quantitative estimate of drug-likeness (QED) is 0.800. The molecule has 1 aromatic heterocycles. The van der Waals surface area contributed by atoms with E-state index in [2.05, 4.69) is 10.4 Å². The average Bonchev–Trinajstić information content (AvgIpc) is 2.65. The molecule has 1 fully saturated rings. The van der Waals surface area contributed by atoms with Crippen LogP contribution in [0.2, 0.25) is 0 Å². The minimum Gasteiger partial charge on any atom is -0.306 e. The molecule has 1 saturated heterocycles. The number of aromatic nitrogens is 2. The molecular weight excluding hydrogens is 210 g/mol. The Morgan fingerprint density at radius 1 is 1.80 bits per heavy atom. The molecule has 0 amide bonds. The van der Waals surface area contributed by atoms with Crippen LogP contribution in [0.3, 0.4) is 0 Å². The fourth-order valence-corrected chi connectivity index (χ4v) is 2.60. The van der Waals surface area contributed by atoms with Crippen molar-refractivity contribution in [2.45, 2.75) is 12.5 Å². The van der Waals surface area contributed by atoms with E-state index in [-0.39, 0.29) is 11.8 Å². The fourth-order valence-electron chi connectivity index (χ4n) is 1.63. The van der Waals surface area contributed by atoms with Crippen molar-refractivity contribution in [2.75, 3.05) is 18.1 Å². The summed E-state index contributed by atoms with van der Waals surface area (Å²) in [6.45, 7) is 0.934. The minimum atomic E-state index is 0.0192. The first kappa shape index (κ1) is 10.7. The molecule has 0 aliphatic carbocycles. The predicted octanol–water partition coefficient (Wildman–Crippen LogP) is 0.237. The van der Waals surface area contributed by atoms with Crippen LogP contribution in [-0.2, 0) is 18.3 Å². The van der Waals surface area contributed by atoms with E-state index in [4.69, 9.17) is 0 Å². The summed E-state index contributed by atoms with van der Waals surface area (Å²) in [4.78, 5) is 11.9. The summed E-state index contributed by atoms with van der Waals surface area (Å²) in [7, 11) is 1.86. The van der Waals surface area contributed by atoms with Crippen molar-refractivity contribution in [3.05, 3.63) is 18.0 Å². The number of ketones is 1. The zero-order valence-electron chi connectivity index (χ0n) is 8.77.